The molecule has 0 aliphatic carbocycles. The average molecular weight is 342 g/mol. The smallest absolute Gasteiger partial charge is 0.253 e. The molecule has 0 atom stereocenters. The molecule has 124 valence electrons. The highest BCUT2D eigenvalue weighted by atomic mass is 35.5. The third kappa shape index (κ3) is 3.07. The number of nitrogens with one attached hydrogen (secondary N) is 1. The second-order valence-corrected chi connectivity index (χ2v) is 6.54. The van der Waals surface area contributed by atoms with Gasteiger partial charge in [-0.2, -0.15) is 0 Å². The van der Waals surface area contributed by atoms with Crippen LogP contribution in [0, 0.1) is 6.92 Å². The zero-order valence-electron chi connectivity index (χ0n) is 14.1. The summed E-state index contributed by atoms with van der Waals surface area (Å²) in [7, 11) is 3.95. The standard InChI is InChI=1S/C19H20ClN3O/c1-12-6-4-7-13-16(20)14-8-5-9-15(18(14)22-17(12)13)19(24)21-10-11-23(2)3/h4-9H,10-11H2,1-3H3,(H,21,24). The van der Waals surface area contributed by atoms with Crippen molar-refractivity contribution in [1.29, 1.82) is 0 Å². The maximum absolute atomic E-state index is 12.6. The van der Waals surface area contributed by atoms with Gasteiger partial charge in [0.25, 0.3) is 5.91 Å². The van der Waals surface area contributed by atoms with Gasteiger partial charge in [-0.05, 0) is 32.6 Å². The number of aromatic nitrogens is 1. The molecule has 0 spiro atoms. The van der Waals surface area contributed by atoms with Gasteiger partial charge in [0, 0.05) is 23.9 Å². The number of hydrogen-bond acceptors (Lipinski definition) is 3. The number of nitrogens with zero attached hydrogens (tertiary/aromatic N) is 2. The van der Waals surface area contributed by atoms with E-state index < -0.39 is 0 Å². The van der Waals surface area contributed by atoms with Crippen LogP contribution < -0.4 is 5.32 Å². The van der Waals surface area contributed by atoms with Crippen molar-refractivity contribution in [2.24, 2.45) is 0 Å². The van der Waals surface area contributed by atoms with E-state index in [0.717, 1.165) is 28.4 Å². The van der Waals surface area contributed by atoms with Gasteiger partial charge >= 0.3 is 0 Å². The van der Waals surface area contributed by atoms with Crippen LogP contribution in [0.1, 0.15) is 15.9 Å². The Balaban J connectivity index is 2.11. The van der Waals surface area contributed by atoms with Crippen molar-refractivity contribution in [2.75, 3.05) is 27.2 Å². The van der Waals surface area contributed by atoms with Crippen LogP contribution in [0.5, 0.6) is 0 Å². The topological polar surface area (TPSA) is 45.2 Å². The van der Waals surface area contributed by atoms with Crippen LogP contribution in [0.25, 0.3) is 21.8 Å². The molecule has 0 saturated carbocycles. The van der Waals surface area contributed by atoms with Crippen molar-refractivity contribution < 1.29 is 4.79 Å². The van der Waals surface area contributed by atoms with Gasteiger partial charge in [0.15, 0.2) is 0 Å². The van der Waals surface area contributed by atoms with E-state index in [4.69, 9.17) is 16.6 Å². The van der Waals surface area contributed by atoms with E-state index in [2.05, 4.69) is 5.32 Å². The number of amides is 1. The Morgan fingerprint density at radius 1 is 1.12 bits per heavy atom. The summed E-state index contributed by atoms with van der Waals surface area (Å²) < 4.78 is 0. The minimum atomic E-state index is -0.126. The summed E-state index contributed by atoms with van der Waals surface area (Å²) in [5, 5.41) is 5.29. The monoisotopic (exact) mass is 341 g/mol. The summed E-state index contributed by atoms with van der Waals surface area (Å²) in [6.45, 7) is 3.37. The van der Waals surface area contributed by atoms with Crippen LogP contribution >= 0.6 is 11.6 Å². The molecule has 3 rings (SSSR count). The van der Waals surface area contributed by atoms with E-state index in [1.54, 1.807) is 6.07 Å². The predicted molar refractivity (Wildman–Crippen MR) is 99.9 cm³/mol. The molecule has 1 heterocycles. The molecule has 0 aliphatic rings. The van der Waals surface area contributed by atoms with Crippen LogP contribution in [0.15, 0.2) is 36.4 Å². The second-order valence-electron chi connectivity index (χ2n) is 6.16. The number of carbonyl (C=O) groups excluding carboxylic acids is 1. The zero-order chi connectivity index (χ0) is 17.3. The lowest BCUT2D eigenvalue weighted by Crippen LogP contribution is -2.31. The van der Waals surface area contributed by atoms with Gasteiger partial charge in [-0.1, -0.05) is 41.9 Å². The van der Waals surface area contributed by atoms with Gasteiger partial charge in [-0.15, -0.1) is 0 Å². The van der Waals surface area contributed by atoms with Crippen molar-refractivity contribution in [3.63, 3.8) is 0 Å². The van der Waals surface area contributed by atoms with E-state index in [1.807, 2.05) is 56.3 Å². The molecule has 1 N–H and O–H groups in total. The van der Waals surface area contributed by atoms with Gasteiger partial charge in [-0.3, -0.25) is 4.79 Å². The third-order valence-corrected chi connectivity index (χ3v) is 4.47. The van der Waals surface area contributed by atoms with E-state index in [-0.39, 0.29) is 5.91 Å². The number of pyridine rings is 1. The Bertz CT molecular complexity index is 921. The van der Waals surface area contributed by atoms with E-state index in [0.29, 0.717) is 22.6 Å². The highest BCUT2D eigenvalue weighted by molar-refractivity contribution is 6.40. The molecule has 0 aliphatic heterocycles. The Morgan fingerprint density at radius 2 is 1.79 bits per heavy atom. The second kappa shape index (κ2) is 6.75. The third-order valence-electron chi connectivity index (χ3n) is 4.06. The van der Waals surface area contributed by atoms with Gasteiger partial charge in [0.2, 0.25) is 0 Å². The summed E-state index contributed by atoms with van der Waals surface area (Å²) >= 11 is 6.59. The first kappa shape index (κ1) is 16.7. The number of para-hydroxylation sites is 2. The van der Waals surface area contributed by atoms with Crippen LogP contribution in [-0.2, 0) is 0 Å². The zero-order valence-corrected chi connectivity index (χ0v) is 14.8. The molecule has 1 aromatic heterocycles. The van der Waals surface area contributed by atoms with Crippen LogP contribution in [0.4, 0.5) is 0 Å². The Labute approximate surface area is 146 Å². The first-order valence-corrected chi connectivity index (χ1v) is 8.27. The van der Waals surface area contributed by atoms with Crippen molar-refractivity contribution in [2.45, 2.75) is 6.92 Å². The normalized spacial score (nSPS) is 11.4. The summed E-state index contributed by atoms with van der Waals surface area (Å²) in [6.07, 6.45) is 0. The molecule has 5 heteroatoms. The van der Waals surface area contributed by atoms with Crippen LogP contribution in [0.2, 0.25) is 5.02 Å². The highest BCUT2D eigenvalue weighted by Gasteiger charge is 2.15. The maximum Gasteiger partial charge on any atom is 0.253 e. The molecular weight excluding hydrogens is 322 g/mol. The van der Waals surface area contributed by atoms with Crippen molar-refractivity contribution in [3.8, 4) is 0 Å². The van der Waals surface area contributed by atoms with E-state index in [1.165, 1.54) is 0 Å². The molecule has 0 fully saturated rings. The average Bonchev–Trinajstić information content (AvgIpc) is 2.55. The Hall–Kier alpha value is -2.17. The van der Waals surface area contributed by atoms with Gasteiger partial charge < -0.3 is 10.2 Å². The number of benzene rings is 2. The predicted octanol–water partition coefficient (Wildman–Crippen LogP) is 3.64. The molecule has 3 aromatic rings. The quantitative estimate of drug-likeness (QED) is 0.737. The first-order chi connectivity index (χ1) is 11.5. The largest absolute Gasteiger partial charge is 0.351 e. The van der Waals surface area contributed by atoms with Gasteiger partial charge in [-0.25, -0.2) is 4.98 Å². The fraction of sp³-hybridized carbons (Fsp3) is 0.263. The Morgan fingerprint density at radius 3 is 2.50 bits per heavy atom. The number of aryl methyl sites for hydroxylation is 1. The molecule has 1 amide bonds. The van der Waals surface area contributed by atoms with E-state index >= 15 is 0 Å². The lowest BCUT2D eigenvalue weighted by molar-refractivity contribution is 0.0952. The lowest BCUT2D eigenvalue weighted by Gasteiger charge is -2.13. The Kier molecular flexibility index (Phi) is 4.69. The summed E-state index contributed by atoms with van der Waals surface area (Å²) in [4.78, 5) is 19.3. The summed E-state index contributed by atoms with van der Waals surface area (Å²) in [6, 6.07) is 11.5. The molecule has 0 unspecified atom stereocenters. The summed E-state index contributed by atoms with van der Waals surface area (Å²) in [5.74, 6) is -0.126. The number of halogens is 1. The van der Waals surface area contributed by atoms with Crippen LogP contribution in [-0.4, -0.2) is 43.0 Å². The number of hydrogen-bond donors (Lipinski definition) is 1. The molecule has 2 aromatic carbocycles. The number of rotatable bonds is 4. The summed E-state index contributed by atoms with van der Waals surface area (Å²) in [5.41, 5.74) is 3.08. The van der Waals surface area contributed by atoms with Crippen molar-refractivity contribution in [3.05, 3.63) is 52.5 Å². The fourth-order valence-electron chi connectivity index (χ4n) is 2.75. The van der Waals surface area contributed by atoms with Gasteiger partial charge in [0.1, 0.15) is 0 Å². The van der Waals surface area contributed by atoms with E-state index in [9.17, 15) is 4.79 Å². The lowest BCUT2D eigenvalue weighted by atomic mass is 10.0. The number of fused-ring (bicyclic) bond motifs is 2. The SMILES string of the molecule is Cc1cccc2c(Cl)c3cccc(C(=O)NCCN(C)C)c3nc12. The van der Waals surface area contributed by atoms with Crippen molar-refractivity contribution in [1.82, 2.24) is 15.2 Å². The van der Waals surface area contributed by atoms with Gasteiger partial charge in [0.05, 0.1) is 21.6 Å². The molecule has 0 bridgehead atoms. The molecule has 0 saturated heterocycles. The minimum absolute atomic E-state index is 0.126. The molecule has 0 radical (unpaired) electrons. The minimum Gasteiger partial charge on any atom is -0.351 e. The highest BCUT2D eigenvalue weighted by Crippen LogP contribution is 2.32. The fourth-order valence-corrected chi connectivity index (χ4v) is 3.06. The number of likely N-dealkylation sites (N-methyl/N-ethyl adjacent to an activating group) is 1. The molecule has 4 nitrogen and oxygen atoms in total. The molecular formula is C19H20ClN3O. The number of carbonyl (C=O) groups is 1. The van der Waals surface area contributed by atoms with Crippen molar-refractivity contribution >= 4 is 39.3 Å². The maximum atomic E-state index is 12.6. The van der Waals surface area contributed by atoms with Crippen LogP contribution in [0.3, 0.4) is 0 Å². The first-order valence-electron chi connectivity index (χ1n) is 7.89. The molecule has 24 heavy (non-hydrogen) atoms.